The van der Waals surface area contributed by atoms with Crippen molar-refractivity contribution in [3.63, 3.8) is 0 Å². The van der Waals surface area contributed by atoms with Crippen LogP contribution in [-0.2, 0) is 9.59 Å². The van der Waals surface area contributed by atoms with Gasteiger partial charge < -0.3 is 21.7 Å². The van der Waals surface area contributed by atoms with Gasteiger partial charge in [-0.2, -0.15) is 0 Å². The number of hydrogen-bond donors (Lipinski definition) is 3. The summed E-state index contributed by atoms with van der Waals surface area (Å²) < 4.78 is 0. The molecule has 0 aliphatic carbocycles. The van der Waals surface area contributed by atoms with E-state index in [2.05, 4.69) is 5.32 Å². The van der Waals surface area contributed by atoms with Crippen LogP contribution in [0.15, 0.2) is 0 Å². The summed E-state index contributed by atoms with van der Waals surface area (Å²) in [4.78, 5) is 23.7. The van der Waals surface area contributed by atoms with Crippen LogP contribution in [0.25, 0.3) is 0 Å². The molecule has 6 heteroatoms. The maximum absolute atomic E-state index is 11.3. The smallest absolute Gasteiger partial charge is 0.236 e. The number of likely N-dealkylation sites (N-methyl/N-ethyl adjacent to an activating group) is 1. The molecular weight excluding hydrogens is 196 g/mol. The molecule has 0 aromatic rings. The summed E-state index contributed by atoms with van der Waals surface area (Å²) in [6.45, 7) is 1.31. The normalized spacial score (nSPS) is 12.5. The van der Waals surface area contributed by atoms with Crippen molar-refractivity contribution in [3.05, 3.63) is 0 Å². The van der Waals surface area contributed by atoms with Gasteiger partial charge >= 0.3 is 0 Å². The Kier molecular flexibility index (Phi) is 6.64. The van der Waals surface area contributed by atoms with E-state index in [-0.39, 0.29) is 12.3 Å². The molecule has 0 radical (unpaired) electrons. The van der Waals surface area contributed by atoms with E-state index in [9.17, 15) is 9.59 Å². The molecule has 0 fully saturated rings. The van der Waals surface area contributed by atoms with E-state index < -0.39 is 11.9 Å². The zero-order chi connectivity index (χ0) is 11.8. The van der Waals surface area contributed by atoms with Crippen LogP contribution in [0.5, 0.6) is 0 Å². The first-order valence-corrected chi connectivity index (χ1v) is 4.89. The SMILES string of the molecule is CN(C)CCNC(=O)[C@@H](N)CCC(N)=O. The Bertz CT molecular complexity index is 218. The minimum absolute atomic E-state index is 0.141. The van der Waals surface area contributed by atoms with Crippen molar-refractivity contribution < 1.29 is 9.59 Å². The van der Waals surface area contributed by atoms with Crippen molar-refractivity contribution >= 4 is 11.8 Å². The molecule has 0 rings (SSSR count). The third-order valence-electron chi connectivity index (χ3n) is 1.90. The van der Waals surface area contributed by atoms with Gasteiger partial charge in [0.1, 0.15) is 0 Å². The number of nitrogens with two attached hydrogens (primary N) is 2. The summed E-state index contributed by atoms with van der Waals surface area (Å²) in [6, 6.07) is -0.653. The predicted octanol–water partition coefficient (Wildman–Crippen LogP) is -1.74. The summed E-state index contributed by atoms with van der Waals surface area (Å²) in [5, 5.41) is 2.68. The van der Waals surface area contributed by atoms with E-state index in [0.29, 0.717) is 13.0 Å². The van der Waals surface area contributed by atoms with Crippen molar-refractivity contribution in [3.8, 4) is 0 Å². The molecule has 0 aromatic heterocycles. The van der Waals surface area contributed by atoms with Crippen LogP contribution in [0, 0.1) is 0 Å². The summed E-state index contributed by atoms with van der Waals surface area (Å²) in [6.07, 6.45) is 0.436. The number of hydrogen-bond acceptors (Lipinski definition) is 4. The molecule has 0 saturated heterocycles. The maximum atomic E-state index is 11.3. The van der Waals surface area contributed by atoms with Gasteiger partial charge in [0, 0.05) is 19.5 Å². The Morgan fingerprint density at radius 3 is 2.47 bits per heavy atom. The van der Waals surface area contributed by atoms with Crippen LogP contribution >= 0.6 is 0 Å². The maximum Gasteiger partial charge on any atom is 0.236 e. The fraction of sp³-hybridized carbons (Fsp3) is 0.778. The topological polar surface area (TPSA) is 101 Å². The first-order chi connectivity index (χ1) is 6.93. The molecule has 15 heavy (non-hydrogen) atoms. The lowest BCUT2D eigenvalue weighted by molar-refractivity contribution is -0.122. The van der Waals surface area contributed by atoms with E-state index in [0.717, 1.165) is 6.54 Å². The number of nitrogens with zero attached hydrogens (tertiary/aromatic N) is 1. The van der Waals surface area contributed by atoms with Crippen LogP contribution in [0.1, 0.15) is 12.8 Å². The van der Waals surface area contributed by atoms with Crippen LogP contribution in [-0.4, -0.2) is 49.9 Å². The molecule has 0 spiro atoms. The quantitative estimate of drug-likeness (QED) is 0.470. The minimum Gasteiger partial charge on any atom is -0.370 e. The molecule has 88 valence electrons. The van der Waals surface area contributed by atoms with Crippen molar-refractivity contribution in [1.82, 2.24) is 10.2 Å². The lowest BCUT2D eigenvalue weighted by atomic mass is 10.1. The van der Waals surface area contributed by atoms with Gasteiger partial charge in [-0.25, -0.2) is 0 Å². The molecule has 2 amide bonds. The standard InChI is InChI=1S/C9H20N4O2/c1-13(2)6-5-12-9(15)7(10)3-4-8(11)14/h7H,3-6,10H2,1-2H3,(H2,11,14)(H,12,15)/t7-/m0/s1. The van der Waals surface area contributed by atoms with Gasteiger partial charge in [-0.05, 0) is 20.5 Å². The van der Waals surface area contributed by atoms with E-state index >= 15 is 0 Å². The Hall–Kier alpha value is -1.14. The monoisotopic (exact) mass is 216 g/mol. The van der Waals surface area contributed by atoms with Gasteiger partial charge in [-0.1, -0.05) is 0 Å². The third kappa shape index (κ3) is 7.90. The van der Waals surface area contributed by atoms with Gasteiger partial charge in [0.2, 0.25) is 11.8 Å². The van der Waals surface area contributed by atoms with Crippen molar-refractivity contribution in [2.45, 2.75) is 18.9 Å². The minimum atomic E-state index is -0.653. The molecule has 0 unspecified atom stereocenters. The third-order valence-corrected chi connectivity index (χ3v) is 1.90. The van der Waals surface area contributed by atoms with Crippen molar-refractivity contribution in [2.75, 3.05) is 27.2 Å². The molecule has 5 N–H and O–H groups in total. The number of carbonyl (C=O) groups is 2. The number of nitrogens with one attached hydrogen (secondary N) is 1. The molecule has 0 aliphatic rings. The van der Waals surface area contributed by atoms with Crippen LogP contribution < -0.4 is 16.8 Å². The van der Waals surface area contributed by atoms with Crippen molar-refractivity contribution in [2.24, 2.45) is 11.5 Å². The average Bonchev–Trinajstić information content (AvgIpc) is 2.13. The van der Waals surface area contributed by atoms with Gasteiger partial charge in [0.25, 0.3) is 0 Å². The number of carbonyl (C=O) groups excluding carboxylic acids is 2. The summed E-state index contributed by atoms with van der Waals surface area (Å²) >= 11 is 0. The highest BCUT2D eigenvalue weighted by Crippen LogP contribution is 1.93. The summed E-state index contributed by atoms with van der Waals surface area (Å²) in [5.41, 5.74) is 10.5. The van der Waals surface area contributed by atoms with E-state index in [4.69, 9.17) is 11.5 Å². The average molecular weight is 216 g/mol. The molecule has 6 nitrogen and oxygen atoms in total. The highest BCUT2D eigenvalue weighted by Gasteiger charge is 2.13. The molecule has 1 atom stereocenters. The zero-order valence-electron chi connectivity index (χ0n) is 9.32. The largest absolute Gasteiger partial charge is 0.370 e. The number of amides is 2. The van der Waals surface area contributed by atoms with E-state index in [1.54, 1.807) is 0 Å². The van der Waals surface area contributed by atoms with Gasteiger partial charge in [0.15, 0.2) is 0 Å². The first kappa shape index (κ1) is 13.9. The second kappa shape index (κ2) is 7.19. The number of rotatable bonds is 7. The fourth-order valence-electron chi connectivity index (χ4n) is 0.963. The Morgan fingerprint density at radius 1 is 1.40 bits per heavy atom. The molecule has 0 aliphatic heterocycles. The second-order valence-electron chi connectivity index (χ2n) is 3.71. The number of primary amides is 1. The lowest BCUT2D eigenvalue weighted by Crippen LogP contribution is -2.43. The molecule has 0 aromatic carbocycles. The van der Waals surface area contributed by atoms with Crippen molar-refractivity contribution in [1.29, 1.82) is 0 Å². The fourth-order valence-corrected chi connectivity index (χ4v) is 0.963. The Labute approximate surface area is 90.0 Å². The van der Waals surface area contributed by atoms with Gasteiger partial charge in [-0.3, -0.25) is 9.59 Å². The summed E-state index contributed by atoms with van der Waals surface area (Å²) in [5.74, 6) is -0.676. The second-order valence-corrected chi connectivity index (χ2v) is 3.71. The van der Waals surface area contributed by atoms with Gasteiger partial charge in [0.05, 0.1) is 6.04 Å². The Balaban J connectivity index is 3.64. The lowest BCUT2D eigenvalue weighted by Gasteiger charge is -2.13. The van der Waals surface area contributed by atoms with Gasteiger partial charge in [-0.15, -0.1) is 0 Å². The van der Waals surface area contributed by atoms with E-state index in [1.165, 1.54) is 0 Å². The molecule has 0 saturated carbocycles. The first-order valence-electron chi connectivity index (χ1n) is 4.89. The zero-order valence-corrected chi connectivity index (χ0v) is 9.32. The molecule has 0 bridgehead atoms. The summed E-state index contributed by atoms with van der Waals surface area (Å²) in [7, 11) is 3.83. The van der Waals surface area contributed by atoms with Crippen LogP contribution in [0.4, 0.5) is 0 Å². The molecular formula is C9H20N4O2. The predicted molar refractivity (Wildman–Crippen MR) is 58.0 cm³/mol. The van der Waals surface area contributed by atoms with E-state index in [1.807, 2.05) is 19.0 Å². The molecule has 0 heterocycles. The highest BCUT2D eigenvalue weighted by molar-refractivity contribution is 5.82. The van der Waals surface area contributed by atoms with Crippen LogP contribution in [0.2, 0.25) is 0 Å². The Morgan fingerprint density at radius 2 is 2.00 bits per heavy atom. The van der Waals surface area contributed by atoms with Crippen LogP contribution in [0.3, 0.4) is 0 Å². The highest BCUT2D eigenvalue weighted by atomic mass is 16.2.